The number of rotatable bonds is 4. The summed E-state index contributed by atoms with van der Waals surface area (Å²) in [6.45, 7) is 14.0. The molecule has 1 aliphatic heterocycles. The van der Waals surface area contributed by atoms with Crippen LogP contribution in [0.3, 0.4) is 0 Å². The summed E-state index contributed by atoms with van der Waals surface area (Å²) in [5, 5.41) is 10.9. The number of nitrogens with two attached hydrogens (primary N) is 1. The third kappa shape index (κ3) is 4.82. The third-order valence-corrected chi connectivity index (χ3v) is 4.62. The van der Waals surface area contributed by atoms with Crippen LogP contribution < -0.4 is 11.2 Å². The molecule has 1 aliphatic rings. The van der Waals surface area contributed by atoms with Gasteiger partial charge in [-0.1, -0.05) is 41.5 Å². The minimum atomic E-state index is -0.470. The lowest BCUT2D eigenvalue weighted by atomic mass is 9.78. The Bertz CT molecular complexity index is 707. The molecule has 0 spiro atoms. The van der Waals surface area contributed by atoms with Gasteiger partial charge in [-0.2, -0.15) is 0 Å². The number of phenolic OH excluding ortho intramolecular Hbond substituents is 1. The maximum absolute atomic E-state index is 11.4. The Labute approximate surface area is 161 Å². The Balaban J connectivity index is 2.44. The molecule has 150 valence electrons. The van der Waals surface area contributed by atoms with E-state index in [0.29, 0.717) is 5.75 Å². The van der Waals surface area contributed by atoms with Crippen LogP contribution in [0.5, 0.6) is 5.75 Å². The number of hydrogen-bond donors (Lipinski definition) is 3. The Morgan fingerprint density at radius 3 is 2.19 bits per heavy atom. The number of aromatic hydroxyl groups is 1. The lowest BCUT2D eigenvalue weighted by Gasteiger charge is -2.28. The topological polar surface area (TPSA) is 93.8 Å². The number of hydroxylamine groups is 1. The van der Waals surface area contributed by atoms with Crippen molar-refractivity contribution in [3.05, 3.63) is 34.9 Å². The van der Waals surface area contributed by atoms with Crippen molar-refractivity contribution in [1.29, 1.82) is 0 Å². The van der Waals surface area contributed by atoms with E-state index in [0.717, 1.165) is 22.4 Å². The monoisotopic (exact) mass is 376 g/mol. The van der Waals surface area contributed by atoms with Crippen LogP contribution in [0, 0.1) is 0 Å². The van der Waals surface area contributed by atoms with E-state index >= 15 is 0 Å². The summed E-state index contributed by atoms with van der Waals surface area (Å²) in [5.41, 5.74) is 11.2. The van der Waals surface area contributed by atoms with Crippen LogP contribution in [0.4, 0.5) is 0 Å². The molecule has 0 radical (unpaired) electrons. The third-order valence-electron chi connectivity index (χ3n) is 4.62. The van der Waals surface area contributed by atoms with E-state index in [-0.39, 0.29) is 17.4 Å². The van der Waals surface area contributed by atoms with Gasteiger partial charge in [-0.05, 0) is 36.0 Å². The summed E-state index contributed by atoms with van der Waals surface area (Å²) in [6.07, 6.45) is 1.01. The number of benzene rings is 1. The number of carbonyl (C=O) groups is 1. The molecule has 4 N–H and O–H groups in total. The van der Waals surface area contributed by atoms with Crippen molar-refractivity contribution in [2.45, 2.75) is 71.5 Å². The number of carbonyl (C=O) groups excluding carboxylic acids is 1. The first-order valence-electron chi connectivity index (χ1n) is 9.26. The van der Waals surface area contributed by atoms with Gasteiger partial charge in [0.2, 0.25) is 0 Å². The summed E-state index contributed by atoms with van der Waals surface area (Å²) in [5.74, 6) is -0.136. The molecular formula is C21H32N2O4. The average Bonchev–Trinajstić information content (AvgIpc) is 3.02. The molecule has 2 unspecified atom stereocenters. The number of hydrogen-bond acceptors (Lipinski definition) is 6. The summed E-state index contributed by atoms with van der Waals surface area (Å²) in [7, 11) is 0. The van der Waals surface area contributed by atoms with Crippen molar-refractivity contribution in [3.63, 3.8) is 0 Å². The Hall–Kier alpha value is -2.05. The maximum atomic E-state index is 11.4. The number of nitrogens with one attached hydrogen (secondary N) is 1. The van der Waals surface area contributed by atoms with Crippen LogP contribution in [-0.2, 0) is 25.2 Å². The van der Waals surface area contributed by atoms with Gasteiger partial charge in [-0.25, -0.2) is 0 Å². The van der Waals surface area contributed by atoms with Crippen LogP contribution in [0.15, 0.2) is 18.2 Å². The van der Waals surface area contributed by atoms with Gasteiger partial charge < -0.3 is 15.6 Å². The predicted octanol–water partition coefficient (Wildman–Crippen LogP) is 3.12. The summed E-state index contributed by atoms with van der Waals surface area (Å²) >= 11 is 0. The van der Waals surface area contributed by atoms with Gasteiger partial charge in [-0.3, -0.25) is 15.1 Å². The lowest BCUT2D eigenvalue weighted by molar-refractivity contribution is -0.152. The molecule has 0 saturated heterocycles. The first-order chi connectivity index (χ1) is 12.3. The Morgan fingerprint density at radius 1 is 1.22 bits per heavy atom. The number of esters is 1. The van der Waals surface area contributed by atoms with Crippen LogP contribution in [0.1, 0.15) is 65.2 Å². The molecule has 2 atom stereocenters. The van der Waals surface area contributed by atoms with E-state index in [4.69, 9.17) is 15.3 Å². The highest BCUT2D eigenvalue weighted by atomic mass is 16.7. The van der Waals surface area contributed by atoms with E-state index in [1.54, 1.807) is 6.92 Å². The molecule has 1 heterocycles. The summed E-state index contributed by atoms with van der Waals surface area (Å²) < 4.78 is 5.23. The number of phenols is 1. The molecule has 1 aromatic carbocycles. The molecule has 6 nitrogen and oxygen atoms in total. The second kappa shape index (κ2) is 7.52. The molecular weight excluding hydrogens is 344 g/mol. The molecule has 0 aromatic heterocycles. The maximum Gasteiger partial charge on any atom is 0.320 e. The standard InChI is InChI=1S/C21H32N2O4/c1-12(26-18(24)11-22)17-10-16(23-27-17)13-8-14(20(2,3)4)19(25)15(9-13)21(5,6)7/h8-10,12,17,23,25H,11,22H2,1-7H3. The van der Waals surface area contributed by atoms with Crippen molar-refractivity contribution in [2.24, 2.45) is 5.73 Å². The van der Waals surface area contributed by atoms with Gasteiger partial charge in [0.15, 0.2) is 0 Å². The first kappa shape index (κ1) is 21.3. The van der Waals surface area contributed by atoms with Crippen molar-refractivity contribution in [1.82, 2.24) is 5.48 Å². The zero-order valence-electron chi connectivity index (χ0n) is 17.3. The van der Waals surface area contributed by atoms with E-state index in [9.17, 15) is 9.90 Å². The molecule has 2 rings (SSSR count). The van der Waals surface area contributed by atoms with Gasteiger partial charge in [0.25, 0.3) is 0 Å². The van der Waals surface area contributed by atoms with E-state index in [1.807, 2.05) is 18.2 Å². The largest absolute Gasteiger partial charge is 0.507 e. The normalized spacial score (nSPS) is 18.7. The second-order valence-electron chi connectivity index (χ2n) is 9.08. The highest BCUT2D eigenvalue weighted by molar-refractivity contribution is 5.72. The second-order valence-corrected chi connectivity index (χ2v) is 9.08. The number of ether oxygens (including phenoxy) is 1. The Morgan fingerprint density at radius 2 is 1.74 bits per heavy atom. The van der Waals surface area contributed by atoms with Gasteiger partial charge in [0, 0.05) is 16.7 Å². The smallest absolute Gasteiger partial charge is 0.320 e. The highest BCUT2D eigenvalue weighted by Crippen LogP contribution is 2.41. The minimum absolute atomic E-state index is 0.164. The average molecular weight is 376 g/mol. The molecule has 6 heteroatoms. The molecule has 0 aliphatic carbocycles. The SMILES string of the molecule is CC(OC(=O)CN)C1C=C(c2cc(C(C)(C)C)c(O)c(C(C)(C)C)c2)NO1. The molecule has 0 amide bonds. The highest BCUT2D eigenvalue weighted by Gasteiger charge is 2.30. The lowest BCUT2D eigenvalue weighted by Crippen LogP contribution is -2.31. The molecule has 27 heavy (non-hydrogen) atoms. The van der Waals surface area contributed by atoms with Crippen molar-refractivity contribution in [2.75, 3.05) is 6.54 Å². The van der Waals surface area contributed by atoms with Crippen molar-refractivity contribution in [3.8, 4) is 5.75 Å². The van der Waals surface area contributed by atoms with Gasteiger partial charge in [0.1, 0.15) is 18.0 Å². The fourth-order valence-corrected chi connectivity index (χ4v) is 3.01. The minimum Gasteiger partial charge on any atom is -0.507 e. The van der Waals surface area contributed by atoms with Gasteiger partial charge >= 0.3 is 5.97 Å². The molecule has 0 bridgehead atoms. The molecule has 0 saturated carbocycles. The summed E-state index contributed by atoms with van der Waals surface area (Å²) in [4.78, 5) is 17.0. The van der Waals surface area contributed by atoms with Crippen molar-refractivity contribution >= 4 is 11.7 Å². The fraction of sp³-hybridized carbons (Fsp3) is 0.571. The van der Waals surface area contributed by atoms with Crippen LogP contribution >= 0.6 is 0 Å². The van der Waals surface area contributed by atoms with Crippen LogP contribution in [-0.4, -0.2) is 29.8 Å². The fourth-order valence-electron chi connectivity index (χ4n) is 3.01. The Kier molecular flexibility index (Phi) is 5.92. The quantitative estimate of drug-likeness (QED) is 0.699. The molecule has 0 fully saturated rings. The van der Waals surface area contributed by atoms with Crippen molar-refractivity contribution < 1.29 is 19.5 Å². The predicted molar refractivity (Wildman–Crippen MR) is 106 cm³/mol. The van der Waals surface area contributed by atoms with Gasteiger partial charge in [-0.15, -0.1) is 0 Å². The van der Waals surface area contributed by atoms with E-state index in [1.165, 1.54) is 0 Å². The van der Waals surface area contributed by atoms with E-state index in [2.05, 4.69) is 47.0 Å². The van der Waals surface area contributed by atoms with Gasteiger partial charge in [0.05, 0.1) is 12.2 Å². The molecule has 1 aromatic rings. The van der Waals surface area contributed by atoms with Crippen LogP contribution in [0.25, 0.3) is 5.70 Å². The van der Waals surface area contributed by atoms with E-state index < -0.39 is 18.2 Å². The van der Waals surface area contributed by atoms with Crippen LogP contribution in [0.2, 0.25) is 0 Å². The zero-order chi connectivity index (χ0) is 20.6. The zero-order valence-corrected chi connectivity index (χ0v) is 17.3. The first-order valence-corrected chi connectivity index (χ1v) is 9.26. The summed E-state index contributed by atoms with van der Waals surface area (Å²) in [6, 6.07) is 3.96.